The minimum absolute atomic E-state index is 0.148. The summed E-state index contributed by atoms with van der Waals surface area (Å²) in [5.74, 6) is 0.785. The number of ether oxygens (including phenoxy) is 1. The van der Waals surface area contributed by atoms with Crippen LogP contribution in [-0.2, 0) is 0 Å². The number of hydrogen-bond acceptors (Lipinski definition) is 3. The number of aliphatic hydroxyl groups is 2. The van der Waals surface area contributed by atoms with Crippen LogP contribution in [0.15, 0.2) is 36.9 Å². The van der Waals surface area contributed by atoms with Crippen LogP contribution in [0.25, 0.3) is 0 Å². The van der Waals surface area contributed by atoms with Crippen molar-refractivity contribution in [1.82, 2.24) is 0 Å². The van der Waals surface area contributed by atoms with E-state index in [2.05, 4.69) is 13.5 Å². The van der Waals surface area contributed by atoms with Crippen molar-refractivity contribution in [2.24, 2.45) is 5.41 Å². The third-order valence-corrected chi connectivity index (χ3v) is 4.19. The molecule has 1 aromatic rings. The van der Waals surface area contributed by atoms with E-state index < -0.39 is 11.7 Å². The zero-order valence-corrected chi connectivity index (χ0v) is 14.3. The molecule has 0 saturated heterocycles. The van der Waals surface area contributed by atoms with E-state index in [0.29, 0.717) is 6.42 Å². The van der Waals surface area contributed by atoms with Gasteiger partial charge in [0.15, 0.2) is 0 Å². The molecule has 2 atom stereocenters. The summed E-state index contributed by atoms with van der Waals surface area (Å²) in [4.78, 5) is 0. The van der Waals surface area contributed by atoms with Crippen LogP contribution < -0.4 is 4.74 Å². The zero-order chi connectivity index (χ0) is 16.8. The fourth-order valence-corrected chi connectivity index (χ4v) is 2.60. The van der Waals surface area contributed by atoms with Crippen molar-refractivity contribution < 1.29 is 14.9 Å². The predicted octanol–water partition coefficient (Wildman–Crippen LogP) is 4.25. The monoisotopic (exact) mass is 306 g/mol. The van der Waals surface area contributed by atoms with Crippen molar-refractivity contribution in [2.45, 2.75) is 58.2 Å². The molecule has 0 aliphatic rings. The molecule has 0 bridgehead atoms. The van der Waals surface area contributed by atoms with Gasteiger partial charge in [-0.15, -0.1) is 6.58 Å². The first-order chi connectivity index (χ1) is 10.2. The van der Waals surface area contributed by atoms with E-state index in [4.69, 9.17) is 4.74 Å². The van der Waals surface area contributed by atoms with Gasteiger partial charge in [-0.25, -0.2) is 0 Å². The Morgan fingerprint density at radius 2 is 1.77 bits per heavy atom. The van der Waals surface area contributed by atoms with Crippen LogP contribution in [0.1, 0.15) is 58.1 Å². The lowest BCUT2D eigenvalue weighted by atomic mass is 9.78. The maximum atomic E-state index is 10.5. The average molecular weight is 306 g/mol. The molecule has 1 aromatic carbocycles. The third-order valence-electron chi connectivity index (χ3n) is 4.19. The number of hydrogen-bond donors (Lipinski definition) is 2. The van der Waals surface area contributed by atoms with E-state index in [1.54, 1.807) is 7.11 Å². The van der Waals surface area contributed by atoms with E-state index in [1.165, 1.54) is 0 Å². The van der Waals surface area contributed by atoms with Crippen molar-refractivity contribution in [3.05, 3.63) is 42.5 Å². The number of allylic oxidation sites excluding steroid dienone is 1. The number of rotatable bonds is 9. The summed E-state index contributed by atoms with van der Waals surface area (Å²) in [5, 5.41) is 20.3. The molecule has 1 rings (SSSR count). The first kappa shape index (κ1) is 18.7. The van der Waals surface area contributed by atoms with E-state index in [0.717, 1.165) is 30.6 Å². The second-order valence-electron chi connectivity index (χ2n) is 7.02. The minimum Gasteiger partial charge on any atom is -0.497 e. The molecule has 1 unspecified atom stereocenters. The highest BCUT2D eigenvalue weighted by atomic mass is 16.5. The Morgan fingerprint density at radius 3 is 2.23 bits per heavy atom. The highest BCUT2D eigenvalue weighted by Gasteiger charge is 2.26. The molecule has 0 aromatic heterocycles. The van der Waals surface area contributed by atoms with E-state index >= 15 is 0 Å². The molecular formula is C19H30O3. The van der Waals surface area contributed by atoms with E-state index in [1.807, 2.05) is 44.2 Å². The Balaban J connectivity index is 2.64. The van der Waals surface area contributed by atoms with Crippen LogP contribution in [-0.4, -0.2) is 22.9 Å². The summed E-state index contributed by atoms with van der Waals surface area (Å²) in [5.41, 5.74) is 0.0951. The molecule has 124 valence electrons. The lowest BCUT2D eigenvalue weighted by Crippen LogP contribution is -2.21. The first-order valence-corrected chi connectivity index (χ1v) is 7.87. The van der Waals surface area contributed by atoms with Crippen molar-refractivity contribution in [3.63, 3.8) is 0 Å². The Bertz CT molecular complexity index is 459. The summed E-state index contributed by atoms with van der Waals surface area (Å²) < 4.78 is 5.13. The SMILES string of the molecule is C=C[C@](C)(CCCC(C)(C)O)CC(O)c1ccc(OC)cc1. The first-order valence-electron chi connectivity index (χ1n) is 7.87. The van der Waals surface area contributed by atoms with Crippen molar-refractivity contribution >= 4 is 0 Å². The summed E-state index contributed by atoms with van der Waals surface area (Å²) in [7, 11) is 1.63. The highest BCUT2D eigenvalue weighted by molar-refractivity contribution is 5.28. The number of aliphatic hydroxyl groups excluding tert-OH is 1. The fraction of sp³-hybridized carbons (Fsp3) is 0.579. The smallest absolute Gasteiger partial charge is 0.118 e. The second kappa shape index (κ2) is 7.80. The quantitative estimate of drug-likeness (QED) is 0.670. The van der Waals surface area contributed by atoms with Gasteiger partial charge in [-0.05, 0) is 62.6 Å². The lowest BCUT2D eigenvalue weighted by molar-refractivity contribution is 0.0623. The van der Waals surface area contributed by atoms with Crippen molar-refractivity contribution in [2.75, 3.05) is 7.11 Å². The van der Waals surface area contributed by atoms with E-state index in [-0.39, 0.29) is 5.41 Å². The zero-order valence-electron chi connectivity index (χ0n) is 14.3. The van der Waals surface area contributed by atoms with Crippen molar-refractivity contribution in [1.29, 1.82) is 0 Å². The maximum absolute atomic E-state index is 10.5. The molecule has 0 aliphatic carbocycles. The van der Waals surface area contributed by atoms with Gasteiger partial charge in [0.05, 0.1) is 18.8 Å². The van der Waals surface area contributed by atoms with Gasteiger partial charge >= 0.3 is 0 Å². The van der Waals surface area contributed by atoms with Crippen LogP contribution in [0.3, 0.4) is 0 Å². The third kappa shape index (κ3) is 6.20. The molecule has 3 heteroatoms. The van der Waals surface area contributed by atoms with Crippen molar-refractivity contribution in [3.8, 4) is 5.75 Å². The second-order valence-corrected chi connectivity index (χ2v) is 7.02. The van der Waals surface area contributed by atoms with Gasteiger partial charge < -0.3 is 14.9 Å². The molecule has 0 saturated carbocycles. The highest BCUT2D eigenvalue weighted by Crippen LogP contribution is 2.36. The van der Waals surface area contributed by atoms with Crippen LogP contribution >= 0.6 is 0 Å². The summed E-state index contributed by atoms with van der Waals surface area (Å²) in [6.45, 7) is 9.68. The molecule has 0 amide bonds. The standard InChI is InChI=1S/C19H30O3/c1-6-19(4,13-7-12-18(2,3)21)14-17(20)15-8-10-16(22-5)11-9-15/h6,8-11,17,20-21H,1,7,12-14H2,2-5H3/t17?,19-/m1/s1. The van der Waals surface area contributed by atoms with Crippen LogP contribution in [0.2, 0.25) is 0 Å². The number of methoxy groups -OCH3 is 1. The van der Waals surface area contributed by atoms with Gasteiger partial charge in [0.1, 0.15) is 5.75 Å². The lowest BCUT2D eigenvalue weighted by Gasteiger charge is -2.30. The Kier molecular flexibility index (Phi) is 6.64. The molecule has 0 aliphatic heterocycles. The summed E-state index contributed by atoms with van der Waals surface area (Å²) in [6.07, 6.45) is 4.55. The molecular weight excluding hydrogens is 276 g/mol. The largest absolute Gasteiger partial charge is 0.497 e. The summed E-state index contributed by atoms with van der Waals surface area (Å²) in [6, 6.07) is 7.50. The van der Waals surface area contributed by atoms with Gasteiger partial charge in [-0.1, -0.05) is 25.1 Å². The number of benzene rings is 1. The van der Waals surface area contributed by atoms with Crippen LogP contribution in [0.4, 0.5) is 0 Å². The Morgan fingerprint density at radius 1 is 1.18 bits per heavy atom. The van der Waals surface area contributed by atoms with Gasteiger partial charge in [0.2, 0.25) is 0 Å². The van der Waals surface area contributed by atoms with E-state index in [9.17, 15) is 10.2 Å². The molecule has 0 fully saturated rings. The Labute approximate surface area is 134 Å². The van der Waals surface area contributed by atoms with Crippen LogP contribution in [0.5, 0.6) is 5.75 Å². The van der Waals surface area contributed by atoms with Gasteiger partial charge in [-0.2, -0.15) is 0 Å². The molecule has 2 N–H and O–H groups in total. The van der Waals surface area contributed by atoms with Gasteiger partial charge in [0, 0.05) is 0 Å². The Hall–Kier alpha value is -1.32. The molecule has 0 spiro atoms. The van der Waals surface area contributed by atoms with Gasteiger partial charge in [-0.3, -0.25) is 0 Å². The fourth-order valence-electron chi connectivity index (χ4n) is 2.60. The molecule has 0 radical (unpaired) electrons. The molecule has 22 heavy (non-hydrogen) atoms. The topological polar surface area (TPSA) is 49.7 Å². The van der Waals surface area contributed by atoms with Gasteiger partial charge in [0.25, 0.3) is 0 Å². The molecule has 0 heterocycles. The minimum atomic E-state index is -0.642. The van der Waals surface area contributed by atoms with Crippen LogP contribution in [0, 0.1) is 5.41 Å². The predicted molar refractivity (Wildman–Crippen MR) is 91.0 cm³/mol. The normalized spacial score (nSPS) is 15.9. The average Bonchev–Trinajstić information content (AvgIpc) is 2.46. The maximum Gasteiger partial charge on any atom is 0.118 e. The molecule has 3 nitrogen and oxygen atoms in total. The summed E-state index contributed by atoms with van der Waals surface area (Å²) >= 11 is 0.